The van der Waals surface area contributed by atoms with E-state index in [0.717, 1.165) is 6.42 Å². The van der Waals surface area contributed by atoms with Crippen LogP contribution in [0, 0.1) is 0 Å². The van der Waals surface area contributed by atoms with Gasteiger partial charge in [0.2, 0.25) is 0 Å². The van der Waals surface area contributed by atoms with E-state index in [1.165, 1.54) is 12.1 Å². The zero-order chi connectivity index (χ0) is 13.4. The molecule has 0 saturated heterocycles. The lowest BCUT2D eigenvalue weighted by Gasteiger charge is -2.07. The highest BCUT2D eigenvalue weighted by Crippen LogP contribution is 2.06. The molecule has 0 atom stereocenters. The number of hydrogen-bond donors (Lipinski definition) is 1. The molecule has 1 aromatic carbocycles. The van der Waals surface area contributed by atoms with Crippen LogP contribution in [0.25, 0.3) is 0 Å². The van der Waals surface area contributed by atoms with Crippen LogP contribution in [0.3, 0.4) is 0 Å². The highest BCUT2D eigenvalue weighted by molar-refractivity contribution is 7.89. The molecule has 1 N–H and O–H groups in total. The summed E-state index contributed by atoms with van der Waals surface area (Å²) in [5.74, 6) is 0. The summed E-state index contributed by atoms with van der Waals surface area (Å²) >= 11 is 0. The molecule has 7 heteroatoms. The summed E-state index contributed by atoms with van der Waals surface area (Å²) < 4.78 is 27.9. The predicted molar refractivity (Wildman–Crippen MR) is 64.1 cm³/mol. The molecule has 100 valence electrons. The summed E-state index contributed by atoms with van der Waals surface area (Å²) in [6.07, 6.45) is 0.492. The van der Waals surface area contributed by atoms with Crippen LogP contribution in [0.4, 0.5) is 4.79 Å². The minimum absolute atomic E-state index is 0.00589. The van der Waals surface area contributed by atoms with Gasteiger partial charge in [0.15, 0.2) is 0 Å². The second-order valence-electron chi connectivity index (χ2n) is 3.45. The van der Waals surface area contributed by atoms with Crippen LogP contribution in [0.2, 0.25) is 0 Å². The summed E-state index contributed by atoms with van der Waals surface area (Å²) in [6.45, 7) is 2.13. The average Bonchev–Trinajstić information content (AvgIpc) is 2.38. The molecule has 0 unspecified atom stereocenters. The number of sulfonamides is 1. The Morgan fingerprint density at radius 1 is 1.28 bits per heavy atom. The Labute approximate surface area is 106 Å². The molecule has 0 aliphatic carbocycles. The van der Waals surface area contributed by atoms with Crippen molar-refractivity contribution in [3.8, 4) is 0 Å². The van der Waals surface area contributed by atoms with E-state index in [-0.39, 0.29) is 11.5 Å². The Morgan fingerprint density at radius 2 is 1.94 bits per heavy atom. The third-order valence-electron chi connectivity index (χ3n) is 2.01. The molecule has 0 fully saturated rings. The van der Waals surface area contributed by atoms with E-state index in [1.807, 2.05) is 6.92 Å². The van der Waals surface area contributed by atoms with Crippen molar-refractivity contribution in [3.63, 3.8) is 0 Å². The van der Waals surface area contributed by atoms with E-state index in [1.54, 1.807) is 23.1 Å². The lowest BCUT2D eigenvalue weighted by molar-refractivity contribution is 0.0386. The first-order valence-corrected chi connectivity index (χ1v) is 6.95. The molecule has 0 amide bonds. The molecule has 0 spiro atoms. The van der Waals surface area contributed by atoms with Gasteiger partial charge in [0.25, 0.3) is 10.0 Å². The summed E-state index contributed by atoms with van der Waals surface area (Å²) in [6, 6.07) is 7.57. The first kappa shape index (κ1) is 14.5. The molecule has 1 aromatic rings. The second-order valence-corrected chi connectivity index (χ2v) is 5.10. The second kappa shape index (κ2) is 6.97. The lowest BCUT2D eigenvalue weighted by Crippen LogP contribution is -2.27. The molecular weight excluding hydrogens is 258 g/mol. The summed E-state index contributed by atoms with van der Waals surface area (Å²) in [4.78, 5) is 17.0. The molecule has 6 nitrogen and oxygen atoms in total. The van der Waals surface area contributed by atoms with Gasteiger partial charge in [0, 0.05) is 0 Å². The van der Waals surface area contributed by atoms with E-state index in [2.05, 4.69) is 9.57 Å². The van der Waals surface area contributed by atoms with Gasteiger partial charge in [-0.15, -0.1) is 0 Å². The van der Waals surface area contributed by atoms with Gasteiger partial charge in [0.05, 0.1) is 11.5 Å². The van der Waals surface area contributed by atoms with E-state index >= 15 is 0 Å². The molecule has 0 heterocycles. The van der Waals surface area contributed by atoms with Gasteiger partial charge >= 0.3 is 6.16 Å². The van der Waals surface area contributed by atoms with Crippen molar-refractivity contribution in [1.82, 2.24) is 4.89 Å². The van der Waals surface area contributed by atoms with Crippen molar-refractivity contribution in [3.05, 3.63) is 30.3 Å². The number of carbonyl (C=O) groups excluding carboxylic acids is 1. The van der Waals surface area contributed by atoms with E-state index in [4.69, 9.17) is 0 Å². The van der Waals surface area contributed by atoms with Crippen molar-refractivity contribution >= 4 is 16.2 Å². The fraction of sp³-hybridized carbons (Fsp3) is 0.364. The first-order valence-electron chi connectivity index (χ1n) is 5.46. The maximum Gasteiger partial charge on any atom is 0.528 e. The number of hydrogen-bond acceptors (Lipinski definition) is 5. The lowest BCUT2D eigenvalue weighted by atomic mass is 10.4. The third kappa shape index (κ3) is 4.72. The molecule has 0 aromatic heterocycles. The van der Waals surface area contributed by atoms with Crippen LogP contribution in [-0.4, -0.2) is 21.2 Å². The average molecular weight is 273 g/mol. The van der Waals surface area contributed by atoms with Crippen molar-refractivity contribution in [2.24, 2.45) is 0 Å². The van der Waals surface area contributed by atoms with E-state index in [9.17, 15) is 13.2 Å². The summed E-state index contributed by atoms with van der Waals surface area (Å²) in [5.41, 5.74) is 0. The van der Waals surface area contributed by atoms with Gasteiger partial charge in [-0.1, -0.05) is 31.5 Å². The topological polar surface area (TPSA) is 81.7 Å². The SMILES string of the molecule is CCCCOC(=O)ONS(=O)(=O)c1ccccc1. The van der Waals surface area contributed by atoms with Gasteiger partial charge in [0.1, 0.15) is 0 Å². The monoisotopic (exact) mass is 273 g/mol. The normalized spacial score (nSPS) is 10.9. The number of rotatable bonds is 6. The van der Waals surface area contributed by atoms with E-state index in [0.29, 0.717) is 6.42 Å². The Balaban J connectivity index is 2.46. The highest BCUT2D eigenvalue weighted by Gasteiger charge is 2.16. The molecule has 0 aliphatic rings. The number of ether oxygens (including phenoxy) is 1. The molecule has 18 heavy (non-hydrogen) atoms. The van der Waals surface area contributed by atoms with Gasteiger partial charge in [-0.05, 0) is 23.4 Å². The van der Waals surface area contributed by atoms with Gasteiger partial charge < -0.3 is 9.57 Å². The Morgan fingerprint density at radius 3 is 2.56 bits per heavy atom. The van der Waals surface area contributed by atoms with Crippen molar-refractivity contribution in [2.75, 3.05) is 6.61 Å². The van der Waals surface area contributed by atoms with Crippen LogP contribution in [-0.2, 0) is 19.6 Å². The minimum Gasteiger partial charge on any atom is -0.433 e. The van der Waals surface area contributed by atoms with Crippen LogP contribution in [0.5, 0.6) is 0 Å². The van der Waals surface area contributed by atoms with E-state index < -0.39 is 16.2 Å². The Bertz CT molecular complexity index is 471. The van der Waals surface area contributed by atoms with Crippen molar-refractivity contribution in [2.45, 2.75) is 24.7 Å². The van der Waals surface area contributed by atoms with Crippen molar-refractivity contribution in [1.29, 1.82) is 0 Å². The van der Waals surface area contributed by atoms with Crippen LogP contribution in [0.15, 0.2) is 35.2 Å². The Hall–Kier alpha value is -1.60. The molecular formula is C11H15NO5S. The molecule has 0 bridgehead atoms. The quantitative estimate of drug-likeness (QED) is 0.486. The molecule has 0 aliphatic heterocycles. The van der Waals surface area contributed by atoms with Crippen LogP contribution >= 0.6 is 0 Å². The maximum atomic E-state index is 11.6. The number of carbonyl (C=O) groups is 1. The standard InChI is InChI=1S/C11H15NO5S/c1-2-3-9-16-11(13)17-12-18(14,15)10-7-5-4-6-8-10/h4-8,12H,2-3,9H2,1H3. The largest absolute Gasteiger partial charge is 0.528 e. The number of nitrogens with one attached hydrogen (secondary N) is 1. The smallest absolute Gasteiger partial charge is 0.433 e. The van der Waals surface area contributed by atoms with Gasteiger partial charge in [-0.2, -0.15) is 0 Å². The summed E-state index contributed by atoms with van der Waals surface area (Å²) in [7, 11) is -3.86. The van der Waals surface area contributed by atoms with Crippen LogP contribution in [0.1, 0.15) is 19.8 Å². The fourth-order valence-corrected chi connectivity index (χ4v) is 1.86. The van der Waals surface area contributed by atoms with Gasteiger partial charge in [-0.3, -0.25) is 0 Å². The zero-order valence-corrected chi connectivity index (χ0v) is 10.8. The number of benzene rings is 1. The summed E-state index contributed by atoms with van der Waals surface area (Å²) in [5, 5.41) is 0. The first-order chi connectivity index (χ1) is 8.56. The highest BCUT2D eigenvalue weighted by atomic mass is 32.2. The zero-order valence-electron chi connectivity index (χ0n) is 9.96. The van der Waals surface area contributed by atoms with Gasteiger partial charge in [-0.25, -0.2) is 13.2 Å². The molecule has 1 rings (SSSR count). The third-order valence-corrected chi connectivity index (χ3v) is 3.20. The number of unbranched alkanes of at least 4 members (excludes halogenated alkanes) is 1. The fourth-order valence-electron chi connectivity index (χ4n) is 1.07. The predicted octanol–water partition coefficient (Wildman–Crippen LogP) is 1.83. The molecule has 0 saturated carbocycles. The minimum atomic E-state index is -3.86. The van der Waals surface area contributed by atoms with Crippen molar-refractivity contribution < 1.29 is 22.8 Å². The Kier molecular flexibility index (Phi) is 5.60. The van der Waals surface area contributed by atoms with Crippen LogP contribution < -0.4 is 4.89 Å². The maximum absolute atomic E-state index is 11.6. The molecule has 0 radical (unpaired) electrons.